The maximum atomic E-state index is 12.4. The zero-order valence-electron chi connectivity index (χ0n) is 14.1. The second-order valence-electron chi connectivity index (χ2n) is 5.61. The quantitative estimate of drug-likeness (QED) is 0.787. The highest BCUT2D eigenvalue weighted by Crippen LogP contribution is 2.38. The molecule has 3 rings (SSSR count). The molecule has 134 valence electrons. The van der Waals surface area contributed by atoms with Crippen molar-refractivity contribution in [3.63, 3.8) is 0 Å². The lowest BCUT2D eigenvalue weighted by Crippen LogP contribution is -2.13. The van der Waals surface area contributed by atoms with Gasteiger partial charge in [0, 0.05) is 17.7 Å². The maximum absolute atomic E-state index is 12.4. The second-order valence-corrected chi connectivity index (χ2v) is 5.61. The Labute approximate surface area is 152 Å². The molecule has 0 saturated carbocycles. The fraction of sp³-hybridized carbons (Fsp3) is 0.278. The summed E-state index contributed by atoms with van der Waals surface area (Å²) in [5.41, 5.74) is 7.37. The lowest BCUT2D eigenvalue weighted by Gasteiger charge is -2.13. The molecule has 25 heavy (non-hydrogen) atoms. The summed E-state index contributed by atoms with van der Waals surface area (Å²) in [4.78, 5) is 12.4. The fourth-order valence-corrected chi connectivity index (χ4v) is 2.26. The summed E-state index contributed by atoms with van der Waals surface area (Å²) in [7, 11) is 0. The molecule has 7 heteroatoms. The highest BCUT2D eigenvalue weighted by molar-refractivity contribution is 6.06. The van der Waals surface area contributed by atoms with Crippen LogP contribution in [0.15, 0.2) is 36.4 Å². The highest BCUT2D eigenvalue weighted by Gasteiger charge is 2.17. The molecule has 0 bridgehead atoms. The number of hydrogen-bond acceptors (Lipinski definition) is 5. The van der Waals surface area contributed by atoms with E-state index in [9.17, 15) is 4.79 Å². The summed E-state index contributed by atoms with van der Waals surface area (Å²) in [5, 5.41) is 2.79. The number of hydrogen-bond donors (Lipinski definition) is 2. The molecule has 0 aromatic heterocycles. The second kappa shape index (κ2) is 7.98. The fourth-order valence-electron chi connectivity index (χ4n) is 2.26. The summed E-state index contributed by atoms with van der Waals surface area (Å²) in [5.74, 6) is 1.63. The number of fused-ring (bicyclic) bond motifs is 1. The van der Waals surface area contributed by atoms with E-state index in [-0.39, 0.29) is 31.2 Å². The summed E-state index contributed by atoms with van der Waals surface area (Å²) >= 11 is 0. The first-order chi connectivity index (χ1) is 11.6. The Bertz CT molecular complexity index is 749. The van der Waals surface area contributed by atoms with Crippen LogP contribution in [0.5, 0.6) is 17.2 Å². The largest absolute Gasteiger partial charge is 0.491 e. The van der Waals surface area contributed by atoms with Gasteiger partial charge in [-0.3, -0.25) is 4.79 Å². The molecule has 1 atom stereocenters. The third-order valence-corrected chi connectivity index (χ3v) is 3.82. The number of amides is 1. The van der Waals surface area contributed by atoms with E-state index in [1.807, 2.05) is 6.92 Å². The Kier molecular flexibility index (Phi) is 5.98. The smallest absolute Gasteiger partial charge is 0.255 e. The molecule has 0 saturated heterocycles. The van der Waals surface area contributed by atoms with Crippen molar-refractivity contribution in [3.8, 4) is 17.2 Å². The van der Waals surface area contributed by atoms with Gasteiger partial charge in [-0.25, -0.2) is 0 Å². The molecule has 2 aromatic carbocycles. The Hall–Kier alpha value is -2.60. The summed E-state index contributed by atoms with van der Waals surface area (Å²) in [6.45, 7) is 4.22. The number of benzene rings is 2. The number of carbonyl (C=O) groups excluding carboxylic acids is 1. The molecule has 0 radical (unpaired) electrons. The molecule has 1 aliphatic rings. The lowest BCUT2D eigenvalue weighted by atomic mass is 10.2. The van der Waals surface area contributed by atoms with Crippen LogP contribution < -0.4 is 25.3 Å². The Morgan fingerprint density at radius 1 is 1.24 bits per heavy atom. The van der Waals surface area contributed by atoms with Crippen LogP contribution in [0.4, 0.5) is 11.4 Å². The van der Waals surface area contributed by atoms with Gasteiger partial charge in [0.1, 0.15) is 5.75 Å². The van der Waals surface area contributed by atoms with Gasteiger partial charge in [0.2, 0.25) is 6.79 Å². The van der Waals surface area contributed by atoms with Gasteiger partial charge in [-0.05, 0) is 37.6 Å². The van der Waals surface area contributed by atoms with Crippen molar-refractivity contribution in [3.05, 3.63) is 42.0 Å². The van der Waals surface area contributed by atoms with E-state index in [2.05, 4.69) is 12.2 Å². The molecule has 3 N–H and O–H groups in total. The van der Waals surface area contributed by atoms with Crippen molar-refractivity contribution < 1.29 is 19.0 Å². The van der Waals surface area contributed by atoms with Gasteiger partial charge in [-0.2, -0.15) is 0 Å². The van der Waals surface area contributed by atoms with E-state index < -0.39 is 0 Å². The monoisotopic (exact) mass is 364 g/mol. The van der Waals surface area contributed by atoms with Crippen LogP contribution in [0, 0.1) is 0 Å². The normalized spacial score (nSPS) is 12.9. The van der Waals surface area contributed by atoms with E-state index in [1.54, 1.807) is 36.4 Å². The Balaban J connectivity index is 0.00000225. The average Bonchev–Trinajstić information content (AvgIpc) is 3.02. The van der Waals surface area contributed by atoms with Crippen molar-refractivity contribution >= 4 is 29.7 Å². The summed E-state index contributed by atoms with van der Waals surface area (Å²) in [6, 6.07) is 10.3. The minimum absolute atomic E-state index is 0. The Morgan fingerprint density at radius 2 is 1.88 bits per heavy atom. The van der Waals surface area contributed by atoms with E-state index in [4.69, 9.17) is 19.9 Å². The number of rotatable bonds is 5. The number of ether oxygens (including phenoxy) is 3. The number of nitrogens with two attached hydrogens (primary N) is 1. The first kappa shape index (κ1) is 18.7. The zero-order chi connectivity index (χ0) is 17.1. The molecule has 6 nitrogen and oxygen atoms in total. The first-order valence-electron chi connectivity index (χ1n) is 7.84. The molecular formula is C18H21ClN2O4. The molecule has 0 aliphatic carbocycles. The molecule has 2 aromatic rings. The topological polar surface area (TPSA) is 82.8 Å². The highest BCUT2D eigenvalue weighted by atomic mass is 35.5. The number of nitrogen functional groups attached to an aromatic ring is 1. The standard InChI is InChI=1S/C18H20N2O4.ClH/c1-3-11(2)24-13-6-4-12(5-7-13)18(21)20-15-9-17-16(8-14(15)19)22-10-23-17;/h4-9,11H,3,10,19H2,1-2H3,(H,20,21);1H. The predicted molar refractivity (Wildman–Crippen MR) is 99.0 cm³/mol. The van der Waals surface area contributed by atoms with Crippen LogP contribution in [0.1, 0.15) is 30.6 Å². The first-order valence-corrected chi connectivity index (χ1v) is 7.84. The minimum Gasteiger partial charge on any atom is -0.491 e. The third-order valence-electron chi connectivity index (χ3n) is 3.82. The number of nitrogens with one attached hydrogen (secondary N) is 1. The van der Waals surface area contributed by atoms with E-state index in [0.29, 0.717) is 28.4 Å². The average molecular weight is 365 g/mol. The molecular weight excluding hydrogens is 344 g/mol. The van der Waals surface area contributed by atoms with Gasteiger partial charge in [0.15, 0.2) is 11.5 Å². The van der Waals surface area contributed by atoms with Gasteiger partial charge in [0.25, 0.3) is 5.91 Å². The van der Waals surface area contributed by atoms with Crippen LogP contribution >= 0.6 is 12.4 Å². The molecule has 1 amide bonds. The SMILES string of the molecule is CCC(C)Oc1ccc(C(=O)Nc2cc3c(cc2N)OCO3)cc1.Cl. The van der Waals surface area contributed by atoms with Gasteiger partial charge < -0.3 is 25.3 Å². The summed E-state index contributed by atoms with van der Waals surface area (Å²) < 4.78 is 16.3. The summed E-state index contributed by atoms with van der Waals surface area (Å²) in [6.07, 6.45) is 1.06. The Morgan fingerprint density at radius 3 is 2.52 bits per heavy atom. The van der Waals surface area contributed by atoms with Crippen molar-refractivity contribution in [1.29, 1.82) is 0 Å². The molecule has 0 spiro atoms. The number of halogens is 1. The molecule has 1 heterocycles. The van der Waals surface area contributed by atoms with Crippen LogP contribution in [-0.4, -0.2) is 18.8 Å². The third kappa shape index (κ3) is 4.28. The van der Waals surface area contributed by atoms with E-state index in [1.165, 1.54) is 0 Å². The van der Waals surface area contributed by atoms with Crippen LogP contribution in [0.3, 0.4) is 0 Å². The van der Waals surface area contributed by atoms with Crippen LogP contribution in [0.25, 0.3) is 0 Å². The number of carbonyl (C=O) groups is 1. The van der Waals surface area contributed by atoms with Gasteiger partial charge in [-0.15, -0.1) is 12.4 Å². The molecule has 1 aliphatic heterocycles. The predicted octanol–water partition coefficient (Wildman–Crippen LogP) is 3.85. The number of anilines is 2. The van der Waals surface area contributed by atoms with Crippen molar-refractivity contribution in [2.75, 3.05) is 17.8 Å². The van der Waals surface area contributed by atoms with E-state index >= 15 is 0 Å². The van der Waals surface area contributed by atoms with Gasteiger partial charge in [0.05, 0.1) is 17.5 Å². The van der Waals surface area contributed by atoms with Crippen molar-refractivity contribution in [2.45, 2.75) is 26.4 Å². The van der Waals surface area contributed by atoms with E-state index in [0.717, 1.165) is 12.2 Å². The van der Waals surface area contributed by atoms with Crippen molar-refractivity contribution in [2.24, 2.45) is 0 Å². The van der Waals surface area contributed by atoms with Gasteiger partial charge in [-0.1, -0.05) is 6.92 Å². The zero-order valence-corrected chi connectivity index (χ0v) is 14.9. The van der Waals surface area contributed by atoms with Crippen LogP contribution in [0.2, 0.25) is 0 Å². The maximum Gasteiger partial charge on any atom is 0.255 e. The molecule has 0 fully saturated rings. The molecule has 1 unspecified atom stereocenters. The van der Waals surface area contributed by atoms with Crippen LogP contribution in [-0.2, 0) is 0 Å². The lowest BCUT2D eigenvalue weighted by molar-refractivity contribution is 0.102. The van der Waals surface area contributed by atoms with Crippen molar-refractivity contribution in [1.82, 2.24) is 0 Å². The van der Waals surface area contributed by atoms with Gasteiger partial charge >= 0.3 is 0 Å². The minimum atomic E-state index is -0.254.